The van der Waals surface area contributed by atoms with Gasteiger partial charge >= 0.3 is 0 Å². The zero-order valence-corrected chi connectivity index (χ0v) is 15.2. The first-order chi connectivity index (χ1) is 12.1. The van der Waals surface area contributed by atoms with E-state index in [4.69, 9.17) is 0 Å². The molecule has 0 aliphatic carbocycles. The molecule has 0 spiro atoms. The van der Waals surface area contributed by atoms with E-state index in [1.807, 2.05) is 80.1 Å². The van der Waals surface area contributed by atoms with Gasteiger partial charge in [-0.05, 0) is 25.2 Å². The number of anilines is 1. The molecule has 1 amide bonds. The van der Waals surface area contributed by atoms with Crippen molar-refractivity contribution in [2.75, 3.05) is 19.4 Å². The van der Waals surface area contributed by atoms with E-state index in [0.29, 0.717) is 5.13 Å². The van der Waals surface area contributed by atoms with Crippen molar-refractivity contribution in [1.29, 1.82) is 0 Å². The van der Waals surface area contributed by atoms with Crippen molar-refractivity contribution in [3.05, 3.63) is 82.9 Å². The largest absolute Gasteiger partial charge is 0.304 e. The number of amides is 1. The SMILES string of the molecule is CN(C)Cc1csc(NC(=O)C(c2ccccc2)c2ccccc2)n1. The highest BCUT2D eigenvalue weighted by Gasteiger charge is 2.23. The van der Waals surface area contributed by atoms with Gasteiger partial charge in [0.2, 0.25) is 5.91 Å². The number of hydrogen-bond donors (Lipinski definition) is 1. The molecular formula is C20H21N3OS. The predicted molar refractivity (Wildman–Crippen MR) is 103 cm³/mol. The molecule has 0 aliphatic heterocycles. The molecule has 0 bridgehead atoms. The summed E-state index contributed by atoms with van der Waals surface area (Å²) in [5.74, 6) is -0.424. The lowest BCUT2D eigenvalue weighted by atomic mass is 9.90. The Labute approximate surface area is 152 Å². The second-order valence-corrected chi connectivity index (χ2v) is 6.98. The molecule has 1 heterocycles. The Bertz CT molecular complexity index is 776. The van der Waals surface area contributed by atoms with Gasteiger partial charge in [0.15, 0.2) is 5.13 Å². The average molecular weight is 351 g/mol. The zero-order valence-electron chi connectivity index (χ0n) is 14.3. The Morgan fingerprint density at radius 1 is 1.04 bits per heavy atom. The van der Waals surface area contributed by atoms with Crippen LogP contribution in [0, 0.1) is 0 Å². The Morgan fingerprint density at radius 3 is 2.12 bits per heavy atom. The monoisotopic (exact) mass is 351 g/mol. The summed E-state index contributed by atoms with van der Waals surface area (Å²) < 4.78 is 0. The number of carbonyl (C=O) groups excluding carboxylic acids is 1. The van der Waals surface area contributed by atoms with Gasteiger partial charge in [-0.15, -0.1) is 11.3 Å². The summed E-state index contributed by atoms with van der Waals surface area (Å²) in [7, 11) is 4.00. The maximum absolute atomic E-state index is 13.0. The molecule has 128 valence electrons. The number of benzene rings is 2. The van der Waals surface area contributed by atoms with E-state index in [0.717, 1.165) is 23.4 Å². The number of aromatic nitrogens is 1. The standard InChI is InChI=1S/C20H21N3OS/c1-23(2)13-17-14-25-20(21-17)22-19(24)18(15-9-5-3-6-10-15)16-11-7-4-8-12-16/h3-12,14,18H,13H2,1-2H3,(H,21,22,24). The highest BCUT2D eigenvalue weighted by atomic mass is 32.1. The van der Waals surface area contributed by atoms with Crippen LogP contribution in [0.1, 0.15) is 22.7 Å². The molecule has 0 radical (unpaired) electrons. The van der Waals surface area contributed by atoms with Gasteiger partial charge < -0.3 is 10.2 Å². The Hall–Kier alpha value is -2.50. The lowest BCUT2D eigenvalue weighted by Gasteiger charge is -2.17. The third-order valence-electron chi connectivity index (χ3n) is 3.79. The quantitative estimate of drug-likeness (QED) is 0.731. The fourth-order valence-electron chi connectivity index (χ4n) is 2.72. The van der Waals surface area contributed by atoms with E-state index in [2.05, 4.69) is 15.2 Å². The first-order valence-corrected chi connectivity index (χ1v) is 9.01. The van der Waals surface area contributed by atoms with Crippen LogP contribution in [0.15, 0.2) is 66.0 Å². The van der Waals surface area contributed by atoms with E-state index in [-0.39, 0.29) is 11.8 Å². The van der Waals surface area contributed by atoms with Crippen LogP contribution < -0.4 is 5.32 Å². The van der Waals surface area contributed by atoms with E-state index in [9.17, 15) is 4.79 Å². The minimum Gasteiger partial charge on any atom is -0.304 e. The molecule has 4 nitrogen and oxygen atoms in total. The van der Waals surface area contributed by atoms with E-state index < -0.39 is 0 Å². The topological polar surface area (TPSA) is 45.2 Å². The number of carbonyl (C=O) groups is 1. The minimum atomic E-state index is -0.358. The molecule has 0 fully saturated rings. The summed E-state index contributed by atoms with van der Waals surface area (Å²) in [6.07, 6.45) is 0. The van der Waals surface area contributed by atoms with E-state index in [1.54, 1.807) is 0 Å². The highest BCUT2D eigenvalue weighted by Crippen LogP contribution is 2.27. The van der Waals surface area contributed by atoms with Crippen molar-refractivity contribution >= 4 is 22.4 Å². The molecule has 3 aromatic rings. The van der Waals surface area contributed by atoms with Crippen LogP contribution in [0.3, 0.4) is 0 Å². The van der Waals surface area contributed by atoms with Crippen molar-refractivity contribution < 1.29 is 4.79 Å². The second-order valence-electron chi connectivity index (χ2n) is 6.13. The zero-order chi connectivity index (χ0) is 17.6. The van der Waals surface area contributed by atoms with Gasteiger partial charge in [-0.25, -0.2) is 4.98 Å². The molecule has 25 heavy (non-hydrogen) atoms. The van der Waals surface area contributed by atoms with Gasteiger partial charge in [-0.1, -0.05) is 60.7 Å². The van der Waals surface area contributed by atoms with Crippen molar-refractivity contribution in [1.82, 2.24) is 9.88 Å². The molecular weight excluding hydrogens is 330 g/mol. The van der Waals surface area contributed by atoms with Crippen LogP contribution in [0.25, 0.3) is 0 Å². The normalized spacial score (nSPS) is 11.0. The van der Waals surface area contributed by atoms with E-state index >= 15 is 0 Å². The average Bonchev–Trinajstić information content (AvgIpc) is 3.03. The fourth-order valence-corrected chi connectivity index (χ4v) is 3.43. The first kappa shape index (κ1) is 17.3. The lowest BCUT2D eigenvalue weighted by Crippen LogP contribution is -2.22. The van der Waals surface area contributed by atoms with Crippen LogP contribution >= 0.6 is 11.3 Å². The Kier molecular flexibility index (Phi) is 5.58. The number of rotatable bonds is 6. The maximum Gasteiger partial charge on any atom is 0.238 e. The molecule has 0 aliphatic rings. The van der Waals surface area contributed by atoms with Crippen molar-refractivity contribution in [2.24, 2.45) is 0 Å². The van der Waals surface area contributed by atoms with Gasteiger partial charge in [0.25, 0.3) is 0 Å². The van der Waals surface area contributed by atoms with Gasteiger partial charge in [0, 0.05) is 11.9 Å². The molecule has 1 aromatic heterocycles. The molecule has 5 heteroatoms. The smallest absolute Gasteiger partial charge is 0.238 e. The number of nitrogens with zero attached hydrogens (tertiary/aromatic N) is 2. The molecule has 1 N–H and O–H groups in total. The van der Waals surface area contributed by atoms with Gasteiger partial charge in [-0.3, -0.25) is 4.79 Å². The lowest BCUT2D eigenvalue weighted by molar-refractivity contribution is -0.116. The Morgan fingerprint density at radius 2 is 1.60 bits per heavy atom. The summed E-state index contributed by atoms with van der Waals surface area (Å²) >= 11 is 1.46. The van der Waals surface area contributed by atoms with Crippen molar-refractivity contribution in [2.45, 2.75) is 12.5 Å². The van der Waals surface area contributed by atoms with Crippen LogP contribution in [0.5, 0.6) is 0 Å². The molecule has 0 atom stereocenters. The summed E-state index contributed by atoms with van der Waals surface area (Å²) in [5, 5.41) is 5.60. The molecule has 0 saturated carbocycles. The number of hydrogen-bond acceptors (Lipinski definition) is 4. The number of thiazole rings is 1. The predicted octanol–water partition coefficient (Wildman–Crippen LogP) is 3.98. The van der Waals surface area contributed by atoms with Gasteiger partial charge in [0.1, 0.15) is 0 Å². The molecule has 0 saturated heterocycles. The summed E-state index contributed by atoms with van der Waals surface area (Å²) in [6.45, 7) is 0.757. The van der Waals surface area contributed by atoms with Crippen molar-refractivity contribution in [3.63, 3.8) is 0 Å². The van der Waals surface area contributed by atoms with Crippen molar-refractivity contribution in [3.8, 4) is 0 Å². The van der Waals surface area contributed by atoms with Gasteiger partial charge in [-0.2, -0.15) is 0 Å². The second kappa shape index (κ2) is 8.05. The molecule has 0 unspecified atom stereocenters. The summed E-state index contributed by atoms with van der Waals surface area (Å²) in [5.41, 5.74) is 2.90. The highest BCUT2D eigenvalue weighted by molar-refractivity contribution is 7.13. The minimum absolute atomic E-state index is 0.0665. The third kappa shape index (κ3) is 4.53. The third-order valence-corrected chi connectivity index (χ3v) is 4.59. The van der Waals surface area contributed by atoms with E-state index in [1.165, 1.54) is 11.3 Å². The van der Waals surface area contributed by atoms with Gasteiger partial charge in [0.05, 0.1) is 11.6 Å². The van der Waals surface area contributed by atoms with Crippen LogP contribution in [-0.2, 0) is 11.3 Å². The first-order valence-electron chi connectivity index (χ1n) is 8.13. The molecule has 3 rings (SSSR count). The summed E-state index contributed by atoms with van der Waals surface area (Å²) in [6, 6.07) is 19.7. The number of nitrogens with one attached hydrogen (secondary N) is 1. The van der Waals surface area contributed by atoms with Crippen LogP contribution in [0.4, 0.5) is 5.13 Å². The Balaban J connectivity index is 1.84. The van der Waals surface area contributed by atoms with Crippen LogP contribution in [0.2, 0.25) is 0 Å². The maximum atomic E-state index is 13.0. The fraction of sp³-hybridized carbons (Fsp3) is 0.200. The molecule has 2 aromatic carbocycles. The summed E-state index contributed by atoms with van der Waals surface area (Å²) in [4.78, 5) is 19.5. The van der Waals surface area contributed by atoms with Crippen LogP contribution in [-0.4, -0.2) is 29.9 Å².